The molecule has 0 radical (unpaired) electrons. The van der Waals surface area contributed by atoms with Crippen LogP contribution in [0.25, 0.3) is 0 Å². The van der Waals surface area contributed by atoms with Crippen LogP contribution in [0.3, 0.4) is 0 Å². The van der Waals surface area contributed by atoms with Crippen molar-refractivity contribution in [2.24, 2.45) is 5.41 Å². The summed E-state index contributed by atoms with van der Waals surface area (Å²) >= 11 is 0. The molecule has 0 aromatic rings. The molecule has 0 bridgehead atoms. The van der Waals surface area contributed by atoms with E-state index in [1.54, 1.807) is 4.90 Å². The topological polar surface area (TPSA) is 89.9 Å². The Balaban J connectivity index is 2.44. The summed E-state index contributed by atoms with van der Waals surface area (Å²) in [4.78, 5) is 24.0. The van der Waals surface area contributed by atoms with Gasteiger partial charge in [0.2, 0.25) is 0 Å². The fourth-order valence-corrected chi connectivity index (χ4v) is 1.72. The number of aliphatic hydroxyl groups is 1. The molecule has 2 amide bonds. The Labute approximate surface area is 101 Å². The molecule has 17 heavy (non-hydrogen) atoms. The summed E-state index contributed by atoms with van der Waals surface area (Å²) in [7, 11) is 0. The van der Waals surface area contributed by atoms with Crippen LogP contribution >= 0.6 is 0 Å². The molecule has 1 heterocycles. The van der Waals surface area contributed by atoms with Crippen LogP contribution in [-0.2, 0) is 4.79 Å². The number of carboxylic acids is 1. The highest BCUT2D eigenvalue weighted by molar-refractivity contribution is 5.79. The summed E-state index contributed by atoms with van der Waals surface area (Å²) in [5.41, 5.74) is -1.82. The number of likely N-dealkylation sites (tertiary alicyclic amines) is 1. The maximum absolute atomic E-state index is 11.7. The van der Waals surface area contributed by atoms with E-state index in [1.165, 1.54) is 0 Å². The van der Waals surface area contributed by atoms with Gasteiger partial charge in [-0.15, -0.1) is 0 Å². The zero-order valence-corrected chi connectivity index (χ0v) is 10.5. The van der Waals surface area contributed by atoms with Crippen LogP contribution in [0, 0.1) is 5.41 Å². The van der Waals surface area contributed by atoms with Gasteiger partial charge >= 0.3 is 12.0 Å². The van der Waals surface area contributed by atoms with E-state index < -0.39 is 11.6 Å². The van der Waals surface area contributed by atoms with Crippen molar-refractivity contribution in [2.75, 3.05) is 19.6 Å². The van der Waals surface area contributed by atoms with Crippen LogP contribution in [0.15, 0.2) is 0 Å². The molecular weight excluding hydrogens is 224 g/mol. The molecule has 3 N–H and O–H groups in total. The summed E-state index contributed by atoms with van der Waals surface area (Å²) < 4.78 is 0. The first-order chi connectivity index (χ1) is 7.64. The van der Waals surface area contributed by atoms with Gasteiger partial charge < -0.3 is 20.4 Å². The lowest BCUT2D eigenvalue weighted by molar-refractivity contribution is -0.155. The fraction of sp³-hybridized carbons (Fsp3) is 0.818. The van der Waals surface area contributed by atoms with Gasteiger partial charge in [0.1, 0.15) is 0 Å². The number of urea groups is 1. The predicted octanol–water partition coefficient (Wildman–Crippen LogP) is 0.263. The van der Waals surface area contributed by atoms with E-state index in [2.05, 4.69) is 19.2 Å². The summed E-state index contributed by atoms with van der Waals surface area (Å²) in [5, 5.41) is 20.6. The lowest BCUT2D eigenvalue weighted by Gasteiger charge is -2.23. The molecule has 1 unspecified atom stereocenters. The minimum Gasteiger partial charge on any atom is -0.479 e. The minimum absolute atomic E-state index is 0.104. The van der Waals surface area contributed by atoms with Crippen LogP contribution in [0.2, 0.25) is 0 Å². The SMILES string of the molecule is CC1(C)CCN(C(=O)NCC(C)(O)C(=O)O)C1. The Bertz CT molecular complexity index is 325. The fourth-order valence-electron chi connectivity index (χ4n) is 1.72. The van der Waals surface area contributed by atoms with Gasteiger partial charge in [0.05, 0.1) is 6.54 Å². The Morgan fingerprint density at radius 1 is 1.47 bits per heavy atom. The van der Waals surface area contributed by atoms with Crippen molar-refractivity contribution in [1.82, 2.24) is 10.2 Å². The Hall–Kier alpha value is -1.30. The zero-order chi connectivity index (χ0) is 13.3. The summed E-state index contributed by atoms with van der Waals surface area (Å²) in [5.74, 6) is -1.35. The van der Waals surface area contributed by atoms with Crippen molar-refractivity contribution >= 4 is 12.0 Å². The number of hydrogen-bond acceptors (Lipinski definition) is 3. The van der Waals surface area contributed by atoms with Gasteiger partial charge in [-0.05, 0) is 18.8 Å². The van der Waals surface area contributed by atoms with Crippen molar-refractivity contribution in [1.29, 1.82) is 0 Å². The maximum Gasteiger partial charge on any atom is 0.337 e. The molecule has 0 aromatic heterocycles. The summed E-state index contributed by atoms with van der Waals surface area (Å²) in [6.07, 6.45) is 0.926. The van der Waals surface area contributed by atoms with E-state index in [9.17, 15) is 14.7 Å². The Kier molecular flexibility index (Phi) is 3.66. The largest absolute Gasteiger partial charge is 0.479 e. The second-order valence-corrected chi connectivity index (χ2v) is 5.57. The van der Waals surface area contributed by atoms with E-state index >= 15 is 0 Å². The molecular formula is C11H20N2O4. The third-order valence-electron chi connectivity index (χ3n) is 3.01. The van der Waals surface area contributed by atoms with Crippen molar-refractivity contribution in [3.05, 3.63) is 0 Å². The number of hydrogen-bond donors (Lipinski definition) is 3. The highest BCUT2D eigenvalue weighted by atomic mass is 16.4. The molecule has 0 saturated carbocycles. The molecule has 1 saturated heterocycles. The molecule has 1 fully saturated rings. The van der Waals surface area contributed by atoms with E-state index in [0.29, 0.717) is 13.1 Å². The van der Waals surface area contributed by atoms with Crippen LogP contribution in [0.4, 0.5) is 4.79 Å². The smallest absolute Gasteiger partial charge is 0.337 e. The monoisotopic (exact) mass is 244 g/mol. The molecule has 1 atom stereocenters. The molecule has 1 rings (SSSR count). The second-order valence-electron chi connectivity index (χ2n) is 5.57. The number of nitrogens with zero attached hydrogens (tertiary/aromatic N) is 1. The second kappa shape index (κ2) is 4.52. The van der Waals surface area contributed by atoms with Crippen LogP contribution in [0.1, 0.15) is 27.2 Å². The number of amides is 2. The van der Waals surface area contributed by atoms with E-state index in [0.717, 1.165) is 13.3 Å². The highest BCUT2D eigenvalue weighted by Crippen LogP contribution is 2.28. The van der Waals surface area contributed by atoms with Gasteiger partial charge in [0.25, 0.3) is 0 Å². The van der Waals surface area contributed by atoms with E-state index in [4.69, 9.17) is 5.11 Å². The third kappa shape index (κ3) is 3.59. The van der Waals surface area contributed by atoms with E-state index in [1.807, 2.05) is 0 Å². The first-order valence-electron chi connectivity index (χ1n) is 5.63. The van der Waals surface area contributed by atoms with E-state index in [-0.39, 0.29) is 18.0 Å². The lowest BCUT2D eigenvalue weighted by atomic mass is 9.93. The molecule has 6 heteroatoms. The standard InChI is InChI=1S/C11H20N2O4/c1-10(2)4-5-13(7-10)9(16)12-6-11(3,17)8(14)15/h17H,4-7H2,1-3H3,(H,12,16)(H,14,15). The minimum atomic E-state index is -1.93. The molecule has 1 aliphatic heterocycles. The summed E-state index contributed by atoms with van der Waals surface area (Å²) in [6, 6.07) is -0.322. The van der Waals surface area contributed by atoms with Crippen molar-refractivity contribution in [3.8, 4) is 0 Å². The zero-order valence-electron chi connectivity index (χ0n) is 10.5. The number of rotatable bonds is 3. The normalized spacial score (nSPS) is 22.0. The van der Waals surface area contributed by atoms with Gasteiger partial charge in [-0.3, -0.25) is 0 Å². The van der Waals surface area contributed by atoms with Gasteiger partial charge in [0, 0.05) is 13.1 Å². The Morgan fingerprint density at radius 3 is 2.47 bits per heavy atom. The van der Waals surface area contributed by atoms with Gasteiger partial charge in [-0.2, -0.15) is 0 Å². The van der Waals surface area contributed by atoms with Gasteiger partial charge in [-0.1, -0.05) is 13.8 Å². The highest BCUT2D eigenvalue weighted by Gasteiger charge is 2.34. The van der Waals surface area contributed by atoms with Crippen molar-refractivity contribution in [3.63, 3.8) is 0 Å². The van der Waals surface area contributed by atoms with Gasteiger partial charge in [-0.25, -0.2) is 9.59 Å². The average Bonchev–Trinajstić information content (AvgIpc) is 2.55. The van der Waals surface area contributed by atoms with Crippen molar-refractivity contribution in [2.45, 2.75) is 32.8 Å². The third-order valence-corrected chi connectivity index (χ3v) is 3.01. The first-order valence-corrected chi connectivity index (χ1v) is 5.63. The molecule has 0 aliphatic carbocycles. The molecule has 0 aromatic carbocycles. The maximum atomic E-state index is 11.7. The molecule has 0 spiro atoms. The van der Waals surface area contributed by atoms with Crippen LogP contribution in [-0.4, -0.2) is 52.3 Å². The van der Waals surface area contributed by atoms with Gasteiger partial charge in [0.15, 0.2) is 5.60 Å². The number of carbonyl (C=O) groups is 2. The molecule has 1 aliphatic rings. The lowest BCUT2D eigenvalue weighted by Crippen LogP contribution is -2.49. The molecule has 6 nitrogen and oxygen atoms in total. The average molecular weight is 244 g/mol. The number of aliphatic carboxylic acids is 1. The number of carboxylic acid groups (broad SMARTS) is 1. The predicted molar refractivity (Wildman–Crippen MR) is 61.6 cm³/mol. The van der Waals surface area contributed by atoms with Crippen LogP contribution < -0.4 is 5.32 Å². The quantitative estimate of drug-likeness (QED) is 0.664. The number of carbonyl (C=O) groups excluding carboxylic acids is 1. The Morgan fingerprint density at radius 2 is 2.06 bits per heavy atom. The van der Waals surface area contributed by atoms with Crippen LogP contribution in [0.5, 0.6) is 0 Å². The molecule has 98 valence electrons. The number of nitrogens with one attached hydrogen (secondary N) is 1. The first kappa shape index (κ1) is 13.8. The summed E-state index contributed by atoms with van der Waals surface area (Å²) in [6.45, 7) is 6.32. The van der Waals surface area contributed by atoms with Crippen molar-refractivity contribution < 1.29 is 19.8 Å².